The number of hydrogen-bond acceptors (Lipinski definition) is 3. The van der Waals surface area contributed by atoms with Crippen LogP contribution in [-0.2, 0) is 10.8 Å². The maximum atomic E-state index is 13.3. The van der Waals surface area contributed by atoms with Crippen LogP contribution < -0.4 is 11.1 Å². The molecular formula is C11H14BrFN2O2S. The summed E-state index contributed by atoms with van der Waals surface area (Å²) in [6.45, 7) is 2.08. The van der Waals surface area contributed by atoms with Crippen LogP contribution in [0.2, 0.25) is 0 Å². The van der Waals surface area contributed by atoms with Crippen molar-refractivity contribution in [3.8, 4) is 0 Å². The van der Waals surface area contributed by atoms with Gasteiger partial charge in [0.25, 0.3) is 5.91 Å². The summed E-state index contributed by atoms with van der Waals surface area (Å²) in [6, 6.07) is 2.42. The molecule has 1 aromatic carbocycles. The summed E-state index contributed by atoms with van der Waals surface area (Å²) in [5.41, 5.74) is 5.90. The number of benzene rings is 1. The minimum Gasteiger partial charge on any atom is -0.398 e. The molecule has 100 valence electrons. The lowest BCUT2D eigenvalue weighted by Gasteiger charge is -2.08. The van der Waals surface area contributed by atoms with Gasteiger partial charge in [-0.15, -0.1) is 0 Å². The van der Waals surface area contributed by atoms with Crippen molar-refractivity contribution in [3.05, 3.63) is 28.0 Å². The zero-order chi connectivity index (χ0) is 13.7. The molecule has 0 saturated carbocycles. The van der Waals surface area contributed by atoms with Gasteiger partial charge in [0.15, 0.2) is 0 Å². The highest BCUT2D eigenvalue weighted by Crippen LogP contribution is 2.22. The van der Waals surface area contributed by atoms with Gasteiger partial charge in [0.05, 0.1) is 10.0 Å². The molecule has 1 rings (SSSR count). The second-order valence-corrected chi connectivity index (χ2v) is 6.26. The maximum absolute atomic E-state index is 13.3. The molecule has 0 radical (unpaired) electrons. The molecular weight excluding hydrogens is 323 g/mol. The molecule has 1 atom stereocenters. The summed E-state index contributed by atoms with van der Waals surface area (Å²) >= 11 is 2.98. The van der Waals surface area contributed by atoms with Crippen LogP contribution in [0.4, 0.5) is 10.1 Å². The van der Waals surface area contributed by atoms with Crippen molar-refractivity contribution in [2.75, 3.05) is 23.8 Å². The Balaban J connectivity index is 2.67. The largest absolute Gasteiger partial charge is 0.398 e. The summed E-state index contributed by atoms with van der Waals surface area (Å²) in [4.78, 5) is 11.7. The van der Waals surface area contributed by atoms with E-state index >= 15 is 0 Å². The first kappa shape index (κ1) is 15.1. The summed E-state index contributed by atoms with van der Waals surface area (Å²) in [5.74, 6) is -0.0926. The molecule has 0 aliphatic carbocycles. The molecule has 0 saturated heterocycles. The number of amides is 1. The zero-order valence-electron chi connectivity index (χ0n) is 9.83. The van der Waals surface area contributed by atoms with E-state index in [1.165, 1.54) is 6.07 Å². The number of hydrogen-bond donors (Lipinski definition) is 2. The predicted octanol–water partition coefficient (Wildman–Crippen LogP) is 1.67. The van der Waals surface area contributed by atoms with E-state index in [2.05, 4.69) is 21.2 Å². The third-order valence-corrected chi connectivity index (χ3v) is 4.19. The molecule has 0 heterocycles. The van der Waals surface area contributed by atoms with Gasteiger partial charge in [-0.2, -0.15) is 0 Å². The molecule has 0 aliphatic heterocycles. The van der Waals surface area contributed by atoms with E-state index < -0.39 is 22.5 Å². The second-order valence-electron chi connectivity index (χ2n) is 3.54. The highest BCUT2D eigenvalue weighted by Gasteiger charge is 2.13. The molecule has 1 unspecified atom stereocenters. The van der Waals surface area contributed by atoms with E-state index in [4.69, 9.17) is 5.73 Å². The van der Waals surface area contributed by atoms with Gasteiger partial charge in [-0.3, -0.25) is 9.00 Å². The van der Waals surface area contributed by atoms with Crippen LogP contribution in [0.1, 0.15) is 17.3 Å². The van der Waals surface area contributed by atoms with Crippen LogP contribution in [-0.4, -0.2) is 28.2 Å². The lowest BCUT2D eigenvalue weighted by atomic mass is 10.1. The highest BCUT2D eigenvalue weighted by atomic mass is 79.9. The standard InChI is InChI=1S/C11H14BrFN2O2S/c1-2-18(17)4-3-15-11(16)7-5-9(13)8(12)6-10(7)14/h5-6H,2-4,14H2,1H3,(H,15,16). The molecule has 3 N–H and O–H groups in total. The van der Waals surface area contributed by atoms with Crippen molar-refractivity contribution in [2.45, 2.75) is 6.92 Å². The number of carbonyl (C=O) groups excluding carboxylic acids is 1. The number of nitrogens with one attached hydrogen (secondary N) is 1. The highest BCUT2D eigenvalue weighted by molar-refractivity contribution is 9.10. The van der Waals surface area contributed by atoms with Crippen molar-refractivity contribution < 1.29 is 13.4 Å². The average Bonchev–Trinajstić information content (AvgIpc) is 2.33. The van der Waals surface area contributed by atoms with Gasteiger partial charge in [0.1, 0.15) is 5.82 Å². The monoisotopic (exact) mass is 336 g/mol. The van der Waals surface area contributed by atoms with Crippen LogP contribution in [0.25, 0.3) is 0 Å². The van der Waals surface area contributed by atoms with E-state index in [0.29, 0.717) is 11.5 Å². The molecule has 0 fully saturated rings. The van der Waals surface area contributed by atoms with Gasteiger partial charge < -0.3 is 11.1 Å². The first-order chi connectivity index (χ1) is 8.45. The summed E-state index contributed by atoms with van der Waals surface area (Å²) in [5, 5.41) is 2.56. The van der Waals surface area contributed by atoms with Crippen LogP contribution >= 0.6 is 15.9 Å². The zero-order valence-corrected chi connectivity index (χ0v) is 12.2. The van der Waals surface area contributed by atoms with Crippen molar-refractivity contribution in [3.63, 3.8) is 0 Å². The van der Waals surface area contributed by atoms with Gasteiger partial charge in [0, 0.05) is 34.5 Å². The smallest absolute Gasteiger partial charge is 0.253 e. The molecule has 7 heteroatoms. The van der Waals surface area contributed by atoms with Crippen LogP contribution in [0.5, 0.6) is 0 Å². The lowest BCUT2D eigenvalue weighted by Crippen LogP contribution is -2.28. The van der Waals surface area contributed by atoms with E-state index in [9.17, 15) is 13.4 Å². The Kier molecular flexibility index (Phi) is 5.74. The molecule has 1 aromatic rings. The fraction of sp³-hybridized carbons (Fsp3) is 0.364. The minimum atomic E-state index is -0.941. The van der Waals surface area contributed by atoms with Crippen molar-refractivity contribution in [2.24, 2.45) is 0 Å². The van der Waals surface area contributed by atoms with Gasteiger partial charge in [-0.05, 0) is 28.1 Å². The van der Waals surface area contributed by atoms with Crippen LogP contribution in [0, 0.1) is 5.82 Å². The first-order valence-corrected chi connectivity index (χ1v) is 7.61. The number of nitrogen functional groups attached to an aromatic ring is 1. The third-order valence-electron chi connectivity index (χ3n) is 2.27. The molecule has 0 aromatic heterocycles. The Morgan fingerprint density at radius 3 is 2.83 bits per heavy atom. The summed E-state index contributed by atoms with van der Waals surface area (Å²) < 4.78 is 24.7. The first-order valence-electron chi connectivity index (χ1n) is 5.33. The number of anilines is 1. The molecule has 0 aliphatic rings. The topological polar surface area (TPSA) is 72.2 Å². The molecule has 0 bridgehead atoms. The molecule has 18 heavy (non-hydrogen) atoms. The normalized spacial score (nSPS) is 12.2. The number of rotatable bonds is 5. The summed E-state index contributed by atoms with van der Waals surface area (Å²) in [6.07, 6.45) is 0. The Labute approximate surface area is 116 Å². The Bertz CT molecular complexity index is 482. The molecule has 1 amide bonds. The van der Waals surface area contributed by atoms with Crippen LogP contribution in [0.15, 0.2) is 16.6 Å². The van der Waals surface area contributed by atoms with E-state index in [1.54, 1.807) is 6.92 Å². The fourth-order valence-corrected chi connectivity index (χ4v) is 2.26. The molecule has 0 spiro atoms. The molecule has 4 nitrogen and oxygen atoms in total. The van der Waals surface area contributed by atoms with Crippen molar-refractivity contribution in [1.29, 1.82) is 0 Å². The van der Waals surface area contributed by atoms with Gasteiger partial charge in [-0.1, -0.05) is 6.92 Å². The van der Waals surface area contributed by atoms with E-state index in [-0.39, 0.29) is 22.3 Å². The Morgan fingerprint density at radius 2 is 2.22 bits per heavy atom. The van der Waals surface area contributed by atoms with E-state index in [1.807, 2.05) is 0 Å². The van der Waals surface area contributed by atoms with E-state index in [0.717, 1.165) is 6.07 Å². The fourth-order valence-electron chi connectivity index (χ4n) is 1.28. The Hall–Kier alpha value is -0.950. The SMILES string of the molecule is CCS(=O)CCNC(=O)c1cc(F)c(Br)cc1N. The second kappa shape index (κ2) is 6.84. The predicted molar refractivity (Wildman–Crippen MR) is 74.4 cm³/mol. The maximum Gasteiger partial charge on any atom is 0.253 e. The lowest BCUT2D eigenvalue weighted by molar-refractivity contribution is 0.0956. The summed E-state index contributed by atoms with van der Waals surface area (Å²) in [7, 11) is -0.941. The Morgan fingerprint density at radius 1 is 1.56 bits per heavy atom. The minimum absolute atomic E-state index is 0.0815. The number of carbonyl (C=O) groups is 1. The van der Waals surface area contributed by atoms with Gasteiger partial charge in [-0.25, -0.2) is 4.39 Å². The average molecular weight is 337 g/mol. The van der Waals surface area contributed by atoms with Crippen molar-refractivity contribution >= 4 is 38.3 Å². The third kappa shape index (κ3) is 4.06. The van der Waals surface area contributed by atoms with Gasteiger partial charge in [0.2, 0.25) is 0 Å². The quantitative estimate of drug-likeness (QED) is 0.803. The van der Waals surface area contributed by atoms with Crippen molar-refractivity contribution in [1.82, 2.24) is 5.32 Å². The van der Waals surface area contributed by atoms with Gasteiger partial charge >= 0.3 is 0 Å². The van der Waals surface area contributed by atoms with Crippen LogP contribution in [0.3, 0.4) is 0 Å². The number of halogens is 2. The number of nitrogens with two attached hydrogens (primary N) is 1.